The van der Waals surface area contributed by atoms with E-state index in [9.17, 15) is 4.79 Å². The quantitative estimate of drug-likeness (QED) is 0.905. The average Bonchev–Trinajstić information content (AvgIpc) is 2.39. The molecule has 3 N–H and O–H groups in total. The van der Waals surface area contributed by atoms with Crippen LogP contribution < -0.4 is 11.1 Å². The first-order valence-electron chi connectivity index (χ1n) is 5.84. The maximum atomic E-state index is 12.1. The molecule has 2 rings (SSSR count). The minimum atomic E-state index is -0.257. The van der Waals surface area contributed by atoms with Crippen molar-refractivity contribution in [2.45, 2.75) is 13.0 Å². The van der Waals surface area contributed by atoms with Gasteiger partial charge in [0, 0.05) is 24.1 Å². The van der Waals surface area contributed by atoms with Gasteiger partial charge in [-0.25, -0.2) is 0 Å². The van der Waals surface area contributed by atoms with E-state index in [1.807, 2.05) is 6.92 Å². The van der Waals surface area contributed by atoms with Gasteiger partial charge in [0.1, 0.15) is 0 Å². The zero-order valence-corrected chi connectivity index (χ0v) is 11.2. The number of halogens is 1. The van der Waals surface area contributed by atoms with Crippen LogP contribution >= 0.6 is 11.6 Å². The van der Waals surface area contributed by atoms with Gasteiger partial charge < -0.3 is 11.1 Å². The highest BCUT2D eigenvalue weighted by molar-refractivity contribution is 6.34. The van der Waals surface area contributed by atoms with Gasteiger partial charge in [-0.05, 0) is 36.8 Å². The van der Waals surface area contributed by atoms with Gasteiger partial charge >= 0.3 is 0 Å². The summed E-state index contributed by atoms with van der Waals surface area (Å²) >= 11 is 6.11. The number of rotatable bonds is 3. The fourth-order valence-electron chi connectivity index (χ4n) is 1.63. The van der Waals surface area contributed by atoms with Crippen molar-refractivity contribution in [2.24, 2.45) is 5.73 Å². The predicted molar refractivity (Wildman–Crippen MR) is 76.2 cm³/mol. The number of anilines is 1. The fourth-order valence-corrected chi connectivity index (χ4v) is 1.91. The molecule has 1 unspecified atom stereocenters. The zero-order valence-electron chi connectivity index (χ0n) is 10.4. The Labute approximate surface area is 116 Å². The number of benzene rings is 1. The molecule has 0 saturated carbocycles. The molecule has 1 amide bonds. The second kappa shape index (κ2) is 5.82. The zero-order chi connectivity index (χ0) is 13.8. The minimum Gasteiger partial charge on any atom is -0.324 e. The number of amides is 1. The number of nitrogens with one attached hydrogen (secondary N) is 1. The summed E-state index contributed by atoms with van der Waals surface area (Å²) in [5.74, 6) is -0.257. The average molecular weight is 276 g/mol. The number of pyridine rings is 1. The SMILES string of the molecule is CC(N)c1ccc(C(=O)Nc2ccncc2)c(Cl)c1. The van der Waals surface area contributed by atoms with Crippen molar-refractivity contribution in [3.63, 3.8) is 0 Å². The molecule has 0 bridgehead atoms. The second-order valence-corrected chi connectivity index (χ2v) is 4.63. The number of hydrogen-bond acceptors (Lipinski definition) is 3. The number of nitrogens with two attached hydrogens (primary N) is 1. The van der Waals surface area contributed by atoms with Crippen LogP contribution in [0.25, 0.3) is 0 Å². The highest BCUT2D eigenvalue weighted by atomic mass is 35.5. The highest BCUT2D eigenvalue weighted by Gasteiger charge is 2.12. The van der Waals surface area contributed by atoms with Crippen molar-refractivity contribution in [1.82, 2.24) is 4.98 Å². The van der Waals surface area contributed by atoms with E-state index in [2.05, 4.69) is 10.3 Å². The summed E-state index contributed by atoms with van der Waals surface area (Å²) in [6.07, 6.45) is 3.22. The molecule has 1 heterocycles. The third-order valence-corrected chi connectivity index (χ3v) is 3.01. The first-order chi connectivity index (χ1) is 9.08. The molecular formula is C14H14ClN3O. The lowest BCUT2D eigenvalue weighted by Crippen LogP contribution is -2.13. The standard InChI is InChI=1S/C14H14ClN3O/c1-9(16)10-2-3-12(13(15)8-10)14(19)18-11-4-6-17-7-5-11/h2-9H,16H2,1H3,(H,17,18,19). The summed E-state index contributed by atoms with van der Waals surface area (Å²) < 4.78 is 0. The Morgan fingerprint density at radius 2 is 2.00 bits per heavy atom. The Kier molecular flexibility index (Phi) is 4.14. The molecule has 4 nitrogen and oxygen atoms in total. The summed E-state index contributed by atoms with van der Waals surface area (Å²) in [4.78, 5) is 16.0. The summed E-state index contributed by atoms with van der Waals surface area (Å²) in [5, 5.41) is 3.14. The summed E-state index contributed by atoms with van der Waals surface area (Å²) in [6.45, 7) is 1.86. The van der Waals surface area contributed by atoms with Crippen molar-refractivity contribution >= 4 is 23.2 Å². The van der Waals surface area contributed by atoms with Crippen LogP contribution in [0.2, 0.25) is 5.02 Å². The topological polar surface area (TPSA) is 68.0 Å². The van der Waals surface area contributed by atoms with Gasteiger partial charge in [0.2, 0.25) is 0 Å². The molecule has 0 radical (unpaired) electrons. The predicted octanol–water partition coefficient (Wildman–Crippen LogP) is 3.01. The third-order valence-electron chi connectivity index (χ3n) is 2.70. The number of carbonyl (C=O) groups is 1. The molecule has 0 aliphatic carbocycles. The minimum absolute atomic E-state index is 0.116. The smallest absolute Gasteiger partial charge is 0.257 e. The molecule has 1 aromatic heterocycles. The van der Waals surface area contributed by atoms with Gasteiger partial charge in [-0.15, -0.1) is 0 Å². The first-order valence-corrected chi connectivity index (χ1v) is 6.22. The van der Waals surface area contributed by atoms with E-state index in [1.165, 1.54) is 0 Å². The third kappa shape index (κ3) is 3.30. The van der Waals surface area contributed by atoms with Gasteiger partial charge in [0.05, 0.1) is 10.6 Å². The Balaban J connectivity index is 2.20. The van der Waals surface area contributed by atoms with E-state index in [0.717, 1.165) is 5.56 Å². The van der Waals surface area contributed by atoms with E-state index >= 15 is 0 Å². The first kappa shape index (κ1) is 13.5. The van der Waals surface area contributed by atoms with E-state index in [-0.39, 0.29) is 11.9 Å². The Hall–Kier alpha value is -1.91. The van der Waals surface area contributed by atoms with Crippen LogP contribution in [0.15, 0.2) is 42.7 Å². The normalized spacial score (nSPS) is 11.9. The molecule has 5 heteroatoms. The summed E-state index contributed by atoms with van der Waals surface area (Å²) in [7, 11) is 0. The summed E-state index contributed by atoms with van der Waals surface area (Å²) in [6, 6.07) is 8.50. The number of hydrogen-bond donors (Lipinski definition) is 2. The van der Waals surface area contributed by atoms with E-state index in [4.69, 9.17) is 17.3 Å². The monoisotopic (exact) mass is 275 g/mol. The lowest BCUT2D eigenvalue weighted by Gasteiger charge is -2.10. The molecule has 19 heavy (non-hydrogen) atoms. The van der Waals surface area contributed by atoms with Crippen LogP contribution in [-0.4, -0.2) is 10.9 Å². The van der Waals surface area contributed by atoms with Crippen LogP contribution in [0, 0.1) is 0 Å². The molecular weight excluding hydrogens is 262 g/mol. The molecule has 0 aliphatic heterocycles. The number of nitrogens with zero attached hydrogens (tertiary/aromatic N) is 1. The largest absolute Gasteiger partial charge is 0.324 e. The molecule has 1 aromatic carbocycles. The van der Waals surface area contributed by atoms with Crippen LogP contribution in [0.4, 0.5) is 5.69 Å². The Morgan fingerprint density at radius 1 is 1.32 bits per heavy atom. The van der Waals surface area contributed by atoms with Gasteiger partial charge in [0.25, 0.3) is 5.91 Å². The van der Waals surface area contributed by atoms with Crippen molar-refractivity contribution in [1.29, 1.82) is 0 Å². The van der Waals surface area contributed by atoms with Crippen molar-refractivity contribution in [3.8, 4) is 0 Å². The van der Waals surface area contributed by atoms with E-state index < -0.39 is 0 Å². The molecule has 0 saturated heterocycles. The van der Waals surface area contributed by atoms with Crippen molar-refractivity contribution in [3.05, 3.63) is 58.9 Å². The molecule has 1 atom stereocenters. The van der Waals surface area contributed by atoms with Gasteiger partial charge in [-0.1, -0.05) is 17.7 Å². The molecule has 98 valence electrons. The Morgan fingerprint density at radius 3 is 2.58 bits per heavy atom. The lowest BCUT2D eigenvalue weighted by molar-refractivity contribution is 0.102. The molecule has 0 aliphatic rings. The van der Waals surface area contributed by atoms with Crippen LogP contribution in [-0.2, 0) is 0 Å². The Bertz CT molecular complexity index is 584. The van der Waals surface area contributed by atoms with E-state index in [1.54, 1.807) is 42.7 Å². The maximum absolute atomic E-state index is 12.1. The number of carbonyl (C=O) groups excluding carboxylic acids is 1. The van der Waals surface area contributed by atoms with Crippen molar-refractivity contribution < 1.29 is 4.79 Å². The second-order valence-electron chi connectivity index (χ2n) is 4.22. The van der Waals surface area contributed by atoms with Crippen LogP contribution in [0.1, 0.15) is 28.9 Å². The van der Waals surface area contributed by atoms with Crippen LogP contribution in [0.3, 0.4) is 0 Å². The summed E-state index contributed by atoms with van der Waals surface area (Å²) in [5.41, 5.74) is 7.75. The molecule has 2 aromatic rings. The highest BCUT2D eigenvalue weighted by Crippen LogP contribution is 2.22. The number of aromatic nitrogens is 1. The van der Waals surface area contributed by atoms with Gasteiger partial charge in [-0.2, -0.15) is 0 Å². The molecule has 0 spiro atoms. The van der Waals surface area contributed by atoms with E-state index in [0.29, 0.717) is 16.3 Å². The fraction of sp³-hybridized carbons (Fsp3) is 0.143. The maximum Gasteiger partial charge on any atom is 0.257 e. The lowest BCUT2D eigenvalue weighted by atomic mass is 10.1. The molecule has 0 fully saturated rings. The van der Waals surface area contributed by atoms with Gasteiger partial charge in [-0.3, -0.25) is 9.78 Å². The van der Waals surface area contributed by atoms with Gasteiger partial charge in [0.15, 0.2) is 0 Å². The van der Waals surface area contributed by atoms with Crippen LogP contribution in [0.5, 0.6) is 0 Å². The van der Waals surface area contributed by atoms with Crippen molar-refractivity contribution in [2.75, 3.05) is 5.32 Å².